The van der Waals surface area contributed by atoms with E-state index in [4.69, 9.17) is 4.74 Å². The van der Waals surface area contributed by atoms with E-state index in [0.717, 1.165) is 48.0 Å². The first kappa shape index (κ1) is 23.8. The predicted octanol–water partition coefficient (Wildman–Crippen LogP) is 4.67. The number of ether oxygens (including phenoxy) is 1. The standard InChI is InChI=1S/C27H34N4O3/c1-5-30-12-8-9-22(30)17-31(27(33)28-23-10-6-7-11-24(23)34-4)16-21-15-20-14-18(2)13-19(3)25(20)29-26(21)32/h6-7,10-11,13-15,22H,5,8-9,12,16-17H2,1-4H3,(H,28,33)(H,29,32)/t22-/m0/s1. The van der Waals surface area contributed by atoms with Crippen molar-refractivity contribution in [2.75, 3.05) is 32.1 Å². The van der Waals surface area contributed by atoms with Crippen molar-refractivity contribution in [2.45, 2.75) is 46.2 Å². The molecular formula is C27H34N4O3. The van der Waals surface area contributed by atoms with E-state index in [0.29, 0.717) is 23.5 Å². The van der Waals surface area contributed by atoms with E-state index in [2.05, 4.69) is 34.3 Å². The molecule has 180 valence electrons. The Hall–Kier alpha value is -3.32. The van der Waals surface area contributed by atoms with Gasteiger partial charge in [0.25, 0.3) is 5.56 Å². The van der Waals surface area contributed by atoms with Gasteiger partial charge in [0, 0.05) is 18.2 Å². The van der Waals surface area contributed by atoms with Gasteiger partial charge in [0.2, 0.25) is 0 Å². The van der Waals surface area contributed by atoms with Crippen molar-refractivity contribution in [3.05, 3.63) is 69.5 Å². The van der Waals surface area contributed by atoms with Crippen LogP contribution in [-0.4, -0.2) is 53.6 Å². The topological polar surface area (TPSA) is 77.7 Å². The van der Waals surface area contributed by atoms with Crippen molar-refractivity contribution in [2.24, 2.45) is 0 Å². The van der Waals surface area contributed by atoms with Gasteiger partial charge in [-0.1, -0.05) is 30.7 Å². The molecule has 1 fully saturated rings. The molecule has 2 amide bonds. The van der Waals surface area contributed by atoms with Crippen molar-refractivity contribution < 1.29 is 9.53 Å². The lowest BCUT2D eigenvalue weighted by molar-refractivity contribution is 0.174. The van der Waals surface area contributed by atoms with Gasteiger partial charge in [0.1, 0.15) is 5.75 Å². The number of carbonyl (C=O) groups excluding carboxylic acids is 1. The third-order valence-corrected chi connectivity index (χ3v) is 6.70. The fourth-order valence-electron chi connectivity index (χ4n) is 4.99. The Bertz CT molecular complexity index is 1240. The first-order valence-corrected chi connectivity index (χ1v) is 12.0. The Morgan fingerprint density at radius 2 is 2.03 bits per heavy atom. The smallest absolute Gasteiger partial charge is 0.322 e. The number of hydrogen-bond acceptors (Lipinski definition) is 4. The van der Waals surface area contributed by atoms with E-state index in [1.54, 1.807) is 12.0 Å². The summed E-state index contributed by atoms with van der Waals surface area (Å²) in [4.78, 5) is 33.7. The largest absolute Gasteiger partial charge is 0.495 e. The maximum Gasteiger partial charge on any atom is 0.322 e. The van der Waals surface area contributed by atoms with Crippen LogP contribution in [-0.2, 0) is 6.54 Å². The van der Waals surface area contributed by atoms with Gasteiger partial charge in [0.15, 0.2) is 0 Å². The number of aryl methyl sites for hydroxylation is 2. The zero-order valence-corrected chi connectivity index (χ0v) is 20.5. The average molecular weight is 463 g/mol. The number of likely N-dealkylation sites (N-methyl/N-ethyl adjacent to an activating group) is 1. The van der Waals surface area contributed by atoms with E-state index < -0.39 is 0 Å². The van der Waals surface area contributed by atoms with Crippen LogP contribution in [0.3, 0.4) is 0 Å². The van der Waals surface area contributed by atoms with Crippen LogP contribution < -0.4 is 15.6 Å². The highest BCUT2D eigenvalue weighted by Crippen LogP contribution is 2.25. The first-order chi connectivity index (χ1) is 16.4. The number of rotatable bonds is 7. The van der Waals surface area contributed by atoms with Crippen molar-refractivity contribution >= 4 is 22.6 Å². The number of benzene rings is 2. The van der Waals surface area contributed by atoms with E-state index in [1.807, 2.05) is 44.2 Å². The second-order valence-electron chi connectivity index (χ2n) is 9.11. The maximum atomic E-state index is 13.5. The van der Waals surface area contributed by atoms with Crippen LogP contribution in [0.5, 0.6) is 5.75 Å². The van der Waals surface area contributed by atoms with Gasteiger partial charge in [-0.3, -0.25) is 9.69 Å². The van der Waals surface area contributed by atoms with E-state index >= 15 is 0 Å². The summed E-state index contributed by atoms with van der Waals surface area (Å²) in [6.45, 7) is 8.96. The molecule has 2 heterocycles. The minimum atomic E-state index is -0.243. The Morgan fingerprint density at radius 1 is 1.24 bits per heavy atom. The molecule has 0 aliphatic carbocycles. The van der Waals surface area contributed by atoms with Gasteiger partial charge < -0.3 is 19.9 Å². The molecule has 0 saturated carbocycles. The number of fused-ring (bicyclic) bond motifs is 1. The SMILES string of the molecule is CCN1CCC[C@H]1CN(Cc1cc2cc(C)cc(C)c2[nH]c1=O)C(=O)Nc1ccccc1OC. The van der Waals surface area contributed by atoms with Gasteiger partial charge in [-0.15, -0.1) is 0 Å². The van der Waals surface area contributed by atoms with Gasteiger partial charge >= 0.3 is 6.03 Å². The zero-order chi connectivity index (χ0) is 24.2. The molecule has 0 bridgehead atoms. The van der Waals surface area contributed by atoms with Crippen LogP contribution in [0.4, 0.5) is 10.5 Å². The lowest BCUT2D eigenvalue weighted by atomic mass is 10.0. The summed E-state index contributed by atoms with van der Waals surface area (Å²) in [5.74, 6) is 0.598. The van der Waals surface area contributed by atoms with Crippen LogP contribution in [0, 0.1) is 13.8 Å². The fourth-order valence-corrected chi connectivity index (χ4v) is 4.99. The quantitative estimate of drug-likeness (QED) is 0.535. The Labute approximate surface area is 200 Å². The highest BCUT2D eigenvalue weighted by Gasteiger charge is 2.28. The zero-order valence-electron chi connectivity index (χ0n) is 20.5. The number of aromatic nitrogens is 1. The number of anilines is 1. The third kappa shape index (κ3) is 5.09. The number of methoxy groups -OCH3 is 1. The second kappa shape index (κ2) is 10.3. The summed E-state index contributed by atoms with van der Waals surface area (Å²) in [5.41, 5.74) is 4.05. The van der Waals surface area contributed by atoms with Crippen molar-refractivity contribution in [3.8, 4) is 5.75 Å². The summed E-state index contributed by atoms with van der Waals surface area (Å²) in [6, 6.07) is 13.4. The maximum absolute atomic E-state index is 13.5. The highest BCUT2D eigenvalue weighted by atomic mass is 16.5. The molecule has 34 heavy (non-hydrogen) atoms. The Balaban J connectivity index is 1.66. The lowest BCUT2D eigenvalue weighted by Gasteiger charge is -2.30. The summed E-state index contributed by atoms with van der Waals surface area (Å²) < 4.78 is 5.41. The van der Waals surface area contributed by atoms with Crippen molar-refractivity contribution in [1.29, 1.82) is 0 Å². The number of urea groups is 1. The van der Waals surface area contributed by atoms with Crippen LogP contribution in [0.2, 0.25) is 0 Å². The molecule has 1 saturated heterocycles. The summed E-state index contributed by atoms with van der Waals surface area (Å²) in [6.07, 6.45) is 2.16. The number of likely N-dealkylation sites (tertiary alicyclic amines) is 1. The molecule has 0 unspecified atom stereocenters. The van der Waals surface area contributed by atoms with E-state index in [-0.39, 0.29) is 24.2 Å². The van der Waals surface area contributed by atoms with Gasteiger partial charge in [-0.05, 0) is 75.0 Å². The molecule has 1 atom stereocenters. The normalized spacial score (nSPS) is 16.1. The summed E-state index contributed by atoms with van der Waals surface area (Å²) in [7, 11) is 1.58. The third-order valence-electron chi connectivity index (χ3n) is 6.70. The average Bonchev–Trinajstić information content (AvgIpc) is 3.27. The number of nitrogens with one attached hydrogen (secondary N) is 2. The van der Waals surface area contributed by atoms with Crippen LogP contribution in [0.25, 0.3) is 10.9 Å². The highest BCUT2D eigenvalue weighted by molar-refractivity contribution is 5.91. The minimum Gasteiger partial charge on any atom is -0.495 e. The number of H-pyrrole nitrogens is 1. The van der Waals surface area contributed by atoms with E-state index in [9.17, 15) is 9.59 Å². The summed E-state index contributed by atoms with van der Waals surface area (Å²) in [5, 5.41) is 3.97. The number of amides is 2. The molecule has 4 rings (SSSR count). The molecule has 1 aliphatic rings. The van der Waals surface area contributed by atoms with Crippen LogP contribution in [0.1, 0.15) is 36.5 Å². The molecule has 2 aromatic carbocycles. The van der Waals surface area contributed by atoms with Crippen LogP contribution in [0.15, 0.2) is 47.3 Å². The van der Waals surface area contributed by atoms with Gasteiger partial charge in [0.05, 0.1) is 24.9 Å². The number of nitrogens with zero attached hydrogens (tertiary/aromatic N) is 2. The second-order valence-corrected chi connectivity index (χ2v) is 9.11. The Kier molecular flexibility index (Phi) is 7.22. The number of para-hydroxylation sites is 2. The number of aromatic amines is 1. The molecule has 3 aromatic rings. The van der Waals surface area contributed by atoms with Gasteiger partial charge in [-0.2, -0.15) is 0 Å². The van der Waals surface area contributed by atoms with Gasteiger partial charge in [-0.25, -0.2) is 4.79 Å². The number of carbonyl (C=O) groups is 1. The molecule has 0 radical (unpaired) electrons. The molecular weight excluding hydrogens is 428 g/mol. The molecule has 2 N–H and O–H groups in total. The first-order valence-electron chi connectivity index (χ1n) is 12.0. The predicted molar refractivity (Wildman–Crippen MR) is 137 cm³/mol. The monoisotopic (exact) mass is 462 g/mol. The number of pyridine rings is 1. The van der Waals surface area contributed by atoms with Crippen molar-refractivity contribution in [3.63, 3.8) is 0 Å². The lowest BCUT2D eigenvalue weighted by Crippen LogP contribution is -2.45. The fraction of sp³-hybridized carbons (Fsp3) is 0.407. The summed E-state index contributed by atoms with van der Waals surface area (Å²) >= 11 is 0. The molecule has 1 aliphatic heterocycles. The van der Waals surface area contributed by atoms with E-state index in [1.165, 1.54) is 0 Å². The Morgan fingerprint density at radius 3 is 2.79 bits per heavy atom. The molecule has 1 aromatic heterocycles. The molecule has 7 heteroatoms. The molecule has 7 nitrogen and oxygen atoms in total. The minimum absolute atomic E-state index is 0.159. The molecule has 0 spiro atoms. The van der Waals surface area contributed by atoms with Crippen LogP contribution >= 0.6 is 0 Å². The van der Waals surface area contributed by atoms with Crippen molar-refractivity contribution in [1.82, 2.24) is 14.8 Å². The number of hydrogen-bond donors (Lipinski definition) is 2.